The molecule has 0 aromatic rings. The van der Waals surface area contributed by atoms with Gasteiger partial charge in [0.2, 0.25) is 11.8 Å². The average molecular weight is 430 g/mol. The maximum absolute atomic E-state index is 12.6. The van der Waals surface area contributed by atoms with Crippen LogP contribution in [0.2, 0.25) is 0 Å². The van der Waals surface area contributed by atoms with Crippen molar-refractivity contribution in [1.29, 1.82) is 0 Å². The fourth-order valence-electron chi connectivity index (χ4n) is 3.06. The maximum Gasteiger partial charge on any atom is 0.230 e. The normalized spacial score (nSPS) is 16.1. The van der Waals surface area contributed by atoms with E-state index in [0.717, 1.165) is 65.1 Å². The minimum Gasteiger partial charge on any atom is -0.375 e. The number of piperazine rings is 1. The second-order valence-electron chi connectivity index (χ2n) is 9.44. The van der Waals surface area contributed by atoms with Crippen LogP contribution in [-0.2, 0) is 14.3 Å². The van der Waals surface area contributed by atoms with Gasteiger partial charge >= 0.3 is 0 Å². The quantitative estimate of drug-likeness (QED) is 0.483. The molecule has 1 saturated heterocycles. The first-order valence-electron chi connectivity index (χ1n) is 11.1. The molecule has 0 unspecified atom stereocenters. The van der Waals surface area contributed by atoms with Gasteiger partial charge in [-0.2, -0.15) is 0 Å². The summed E-state index contributed by atoms with van der Waals surface area (Å²) >= 11 is 1.64. The number of carbonyl (C=O) groups excluding carboxylic acids is 2. The van der Waals surface area contributed by atoms with Crippen LogP contribution < -0.4 is 5.32 Å². The predicted molar refractivity (Wildman–Crippen MR) is 122 cm³/mol. The fraction of sp³-hybridized carbons (Fsp3) is 0.909. The SMILES string of the molecule is CCCCNC(=O)CSC(C)(C)CCC(=O)N1CCN(CCOC(C)(C)C)CC1. The molecule has 0 aromatic carbocycles. The molecule has 1 heterocycles. The molecule has 29 heavy (non-hydrogen) atoms. The van der Waals surface area contributed by atoms with E-state index in [1.807, 2.05) is 4.90 Å². The summed E-state index contributed by atoms with van der Waals surface area (Å²) in [5, 5.41) is 2.95. The number of hydrogen-bond acceptors (Lipinski definition) is 5. The second-order valence-corrected chi connectivity index (χ2v) is 11.1. The zero-order valence-electron chi connectivity index (χ0n) is 19.5. The molecule has 2 amide bonds. The molecule has 0 spiro atoms. The summed E-state index contributed by atoms with van der Waals surface area (Å²) in [6, 6.07) is 0. The largest absolute Gasteiger partial charge is 0.375 e. The molecule has 0 saturated carbocycles. The number of thioether (sulfide) groups is 1. The van der Waals surface area contributed by atoms with Gasteiger partial charge in [0.25, 0.3) is 0 Å². The van der Waals surface area contributed by atoms with Crippen molar-refractivity contribution in [2.45, 2.75) is 77.6 Å². The lowest BCUT2D eigenvalue weighted by molar-refractivity contribution is -0.133. The lowest BCUT2D eigenvalue weighted by atomic mass is 10.1. The van der Waals surface area contributed by atoms with Crippen LogP contribution in [0.1, 0.15) is 67.2 Å². The van der Waals surface area contributed by atoms with Crippen molar-refractivity contribution in [3.05, 3.63) is 0 Å². The number of nitrogens with one attached hydrogen (secondary N) is 1. The molecule has 0 aromatic heterocycles. The van der Waals surface area contributed by atoms with Gasteiger partial charge in [-0.25, -0.2) is 0 Å². The van der Waals surface area contributed by atoms with Crippen molar-refractivity contribution in [2.24, 2.45) is 0 Å². The molecular formula is C22H43N3O3S. The van der Waals surface area contributed by atoms with E-state index in [9.17, 15) is 9.59 Å². The fourth-order valence-corrected chi connectivity index (χ4v) is 3.93. The number of unbranched alkanes of at least 4 members (excludes halogenated alkanes) is 1. The van der Waals surface area contributed by atoms with Gasteiger partial charge in [-0.1, -0.05) is 27.2 Å². The molecule has 1 fully saturated rings. The van der Waals surface area contributed by atoms with Crippen LogP contribution in [0.3, 0.4) is 0 Å². The molecule has 0 atom stereocenters. The van der Waals surface area contributed by atoms with Crippen LogP contribution >= 0.6 is 11.8 Å². The first-order valence-corrected chi connectivity index (χ1v) is 12.1. The molecule has 0 radical (unpaired) electrons. The molecule has 170 valence electrons. The monoisotopic (exact) mass is 429 g/mol. The van der Waals surface area contributed by atoms with Crippen molar-refractivity contribution in [3.8, 4) is 0 Å². The molecule has 1 rings (SSSR count). The third-order valence-electron chi connectivity index (χ3n) is 5.06. The predicted octanol–water partition coefficient (Wildman–Crippen LogP) is 3.15. The second kappa shape index (κ2) is 12.8. The summed E-state index contributed by atoms with van der Waals surface area (Å²) in [6.45, 7) is 18.4. The Bertz CT molecular complexity index is 498. The first-order chi connectivity index (χ1) is 13.5. The van der Waals surface area contributed by atoms with E-state index in [-0.39, 0.29) is 22.2 Å². The Labute approximate surface area is 182 Å². The Morgan fingerprint density at radius 1 is 1.07 bits per heavy atom. The van der Waals surface area contributed by atoms with Crippen molar-refractivity contribution < 1.29 is 14.3 Å². The molecule has 7 heteroatoms. The average Bonchev–Trinajstić information content (AvgIpc) is 2.64. The van der Waals surface area contributed by atoms with Crippen LogP contribution in [0.25, 0.3) is 0 Å². The number of rotatable bonds is 12. The molecule has 6 nitrogen and oxygen atoms in total. The third kappa shape index (κ3) is 12.5. The first kappa shape index (κ1) is 26.2. The van der Waals surface area contributed by atoms with Crippen LogP contribution in [0.5, 0.6) is 0 Å². The Kier molecular flexibility index (Phi) is 11.6. The van der Waals surface area contributed by atoms with E-state index in [0.29, 0.717) is 12.2 Å². The van der Waals surface area contributed by atoms with Crippen molar-refractivity contribution in [3.63, 3.8) is 0 Å². The Balaban J connectivity index is 2.23. The molecule has 0 bridgehead atoms. The maximum atomic E-state index is 12.6. The number of hydrogen-bond donors (Lipinski definition) is 1. The number of nitrogens with zero attached hydrogens (tertiary/aromatic N) is 2. The summed E-state index contributed by atoms with van der Waals surface area (Å²) in [7, 11) is 0. The lowest BCUT2D eigenvalue weighted by Crippen LogP contribution is -2.49. The Hall–Kier alpha value is -0.790. The van der Waals surface area contributed by atoms with Gasteiger partial charge in [0, 0.05) is 50.4 Å². The van der Waals surface area contributed by atoms with Crippen LogP contribution in [-0.4, -0.2) is 83.6 Å². The zero-order valence-corrected chi connectivity index (χ0v) is 20.3. The van der Waals surface area contributed by atoms with E-state index < -0.39 is 0 Å². The number of amides is 2. The Morgan fingerprint density at radius 2 is 1.72 bits per heavy atom. The molecule has 1 N–H and O–H groups in total. The van der Waals surface area contributed by atoms with Gasteiger partial charge < -0.3 is 15.0 Å². The highest BCUT2D eigenvalue weighted by molar-refractivity contribution is 8.01. The van der Waals surface area contributed by atoms with Crippen LogP contribution in [0, 0.1) is 0 Å². The van der Waals surface area contributed by atoms with Crippen molar-refractivity contribution >= 4 is 23.6 Å². The topological polar surface area (TPSA) is 61.9 Å². The standard InChI is InChI=1S/C22H43N3O3S/c1-7-8-11-23-19(26)18-29-22(5,6)10-9-20(27)25-14-12-24(13-15-25)16-17-28-21(2,3)4/h7-18H2,1-6H3,(H,23,26). The molecule has 0 aliphatic carbocycles. The van der Waals surface area contributed by atoms with E-state index in [1.165, 1.54) is 0 Å². The number of ether oxygens (including phenoxy) is 1. The minimum atomic E-state index is -0.0984. The summed E-state index contributed by atoms with van der Waals surface area (Å²) in [6.07, 6.45) is 3.44. The molecule has 1 aliphatic heterocycles. The number of carbonyl (C=O) groups is 2. The van der Waals surface area contributed by atoms with Crippen LogP contribution in [0.4, 0.5) is 0 Å². The lowest BCUT2D eigenvalue weighted by Gasteiger charge is -2.35. The summed E-state index contributed by atoms with van der Waals surface area (Å²) < 4.78 is 5.72. The highest BCUT2D eigenvalue weighted by Gasteiger charge is 2.25. The highest BCUT2D eigenvalue weighted by atomic mass is 32.2. The van der Waals surface area contributed by atoms with Crippen molar-refractivity contribution in [1.82, 2.24) is 15.1 Å². The smallest absolute Gasteiger partial charge is 0.230 e. The summed E-state index contributed by atoms with van der Waals surface area (Å²) in [5.74, 6) is 0.784. The Morgan fingerprint density at radius 3 is 2.31 bits per heavy atom. The third-order valence-corrected chi connectivity index (χ3v) is 6.45. The molecule has 1 aliphatic rings. The van der Waals surface area contributed by atoms with Gasteiger partial charge in [0.05, 0.1) is 18.0 Å². The van der Waals surface area contributed by atoms with Gasteiger partial charge in [0.1, 0.15) is 0 Å². The van der Waals surface area contributed by atoms with Gasteiger partial charge in [0.15, 0.2) is 0 Å². The van der Waals surface area contributed by atoms with E-state index in [4.69, 9.17) is 4.74 Å². The zero-order chi connectivity index (χ0) is 21.9. The van der Waals surface area contributed by atoms with Gasteiger partial charge in [-0.3, -0.25) is 14.5 Å². The van der Waals surface area contributed by atoms with E-state index >= 15 is 0 Å². The van der Waals surface area contributed by atoms with E-state index in [1.54, 1.807) is 11.8 Å². The highest BCUT2D eigenvalue weighted by Crippen LogP contribution is 2.29. The van der Waals surface area contributed by atoms with Crippen LogP contribution in [0.15, 0.2) is 0 Å². The van der Waals surface area contributed by atoms with Gasteiger partial charge in [-0.05, 0) is 33.6 Å². The summed E-state index contributed by atoms with van der Waals surface area (Å²) in [5.41, 5.74) is -0.0984. The van der Waals surface area contributed by atoms with Crippen molar-refractivity contribution in [2.75, 3.05) is 51.6 Å². The van der Waals surface area contributed by atoms with E-state index in [2.05, 4.69) is 51.8 Å². The minimum absolute atomic E-state index is 0.0795. The molecular weight excluding hydrogens is 386 g/mol. The summed E-state index contributed by atoms with van der Waals surface area (Å²) in [4.78, 5) is 28.8. The van der Waals surface area contributed by atoms with Gasteiger partial charge in [-0.15, -0.1) is 11.8 Å².